The van der Waals surface area contributed by atoms with E-state index in [9.17, 15) is 9.59 Å². The summed E-state index contributed by atoms with van der Waals surface area (Å²) in [6.45, 7) is 0.693. The maximum Gasteiger partial charge on any atom is 0.338 e. The highest BCUT2D eigenvalue weighted by atomic mass is 16.5. The van der Waals surface area contributed by atoms with Gasteiger partial charge in [0.15, 0.2) is 11.2 Å². The number of esters is 1. The Morgan fingerprint density at radius 3 is 3.00 bits per heavy atom. The van der Waals surface area contributed by atoms with E-state index in [-0.39, 0.29) is 36.2 Å². The predicted octanol–water partition coefficient (Wildman–Crippen LogP) is 1.09. The molecule has 1 aliphatic rings. The summed E-state index contributed by atoms with van der Waals surface area (Å²) >= 11 is 0. The number of carbonyl (C=O) groups excluding carboxylic acids is 1. The smallest absolute Gasteiger partial charge is 0.338 e. The normalized spacial score (nSPS) is 19.7. The summed E-state index contributed by atoms with van der Waals surface area (Å²) in [7, 11) is 0. The van der Waals surface area contributed by atoms with E-state index in [4.69, 9.17) is 15.2 Å². The van der Waals surface area contributed by atoms with Crippen LogP contribution in [0.4, 0.5) is 5.95 Å². The van der Waals surface area contributed by atoms with Gasteiger partial charge in [0.2, 0.25) is 5.95 Å². The third-order valence-corrected chi connectivity index (χ3v) is 4.28. The van der Waals surface area contributed by atoms with Crippen LogP contribution < -0.4 is 11.3 Å². The summed E-state index contributed by atoms with van der Waals surface area (Å²) in [4.78, 5) is 34.5. The standard InChI is InChI=1S/C17H17N5O4/c18-17-20-14-13(15(23)21-17)19-9-22(14)12-6-10(7-25-12)8-26-16(24)11-4-2-1-3-5-11/h1-5,9-10,12H,6-8H2,(H3,18,20,21,23). The van der Waals surface area contributed by atoms with Gasteiger partial charge in [-0.2, -0.15) is 4.98 Å². The lowest BCUT2D eigenvalue weighted by molar-refractivity contribution is 0.0390. The molecule has 26 heavy (non-hydrogen) atoms. The van der Waals surface area contributed by atoms with Crippen LogP contribution in [-0.2, 0) is 9.47 Å². The van der Waals surface area contributed by atoms with Crippen LogP contribution in [-0.4, -0.2) is 38.7 Å². The molecule has 0 bridgehead atoms. The van der Waals surface area contributed by atoms with Gasteiger partial charge in [0, 0.05) is 12.3 Å². The number of H-pyrrole nitrogens is 1. The molecule has 1 aliphatic heterocycles. The largest absolute Gasteiger partial charge is 0.462 e. The molecule has 3 aromatic rings. The number of hydrogen-bond donors (Lipinski definition) is 2. The van der Waals surface area contributed by atoms with Crippen LogP contribution in [0.25, 0.3) is 11.2 Å². The monoisotopic (exact) mass is 355 g/mol. The summed E-state index contributed by atoms with van der Waals surface area (Å²) in [6.07, 6.45) is 1.78. The predicted molar refractivity (Wildman–Crippen MR) is 92.4 cm³/mol. The number of aromatic amines is 1. The number of ether oxygens (including phenoxy) is 2. The summed E-state index contributed by atoms with van der Waals surface area (Å²) in [5.74, 6) is -0.289. The molecule has 1 saturated heterocycles. The first-order valence-electron chi connectivity index (χ1n) is 8.18. The Labute approximate surface area is 147 Å². The first-order chi connectivity index (χ1) is 12.6. The lowest BCUT2D eigenvalue weighted by atomic mass is 10.1. The van der Waals surface area contributed by atoms with Gasteiger partial charge in [0.05, 0.1) is 25.1 Å². The molecule has 4 rings (SSSR count). The van der Waals surface area contributed by atoms with E-state index in [1.165, 1.54) is 6.33 Å². The molecule has 0 aliphatic carbocycles. The van der Waals surface area contributed by atoms with Crippen molar-refractivity contribution >= 4 is 23.1 Å². The minimum Gasteiger partial charge on any atom is -0.462 e. The van der Waals surface area contributed by atoms with Gasteiger partial charge in [0.25, 0.3) is 5.56 Å². The molecule has 3 heterocycles. The number of benzene rings is 1. The van der Waals surface area contributed by atoms with Crippen LogP contribution in [0.3, 0.4) is 0 Å². The number of nitrogens with two attached hydrogens (primary N) is 1. The molecule has 2 atom stereocenters. The molecule has 0 radical (unpaired) electrons. The first kappa shape index (κ1) is 16.3. The van der Waals surface area contributed by atoms with Crippen molar-refractivity contribution in [2.45, 2.75) is 12.6 Å². The van der Waals surface area contributed by atoms with Crippen molar-refractivity contribution in [1.82, 2.24) is 19.5 Å². The number of carbonyl (C=O) groups is 1. The van der Waals surface area contributed by atoms with Crippen molar-refractivity contribution in [1.29, 1.82) is 0 Å². The Morgan fingerprint density at radius 2 is 2.19 bits per heavy atom. The molecule has 1 aromatic carbocycles. The van der Waals surface area contributed by atoms with Crippen LogP contribution in [0.1, 0.15) is 23.0 Å². The lowest BCUT2D eigenvalue weighted by Gasteiger charge is -2.12. The van der Waals surface area contributed by atoms with Gasteiger partial charge in [-0.25, -0.2) is 9.78 Å². The number of anilines is 1. The van der Waals surface area contributed by atoms with E-state index < -0.39 is 5.56 Å². The average molecular weight is 355 g/mol. The number of imidazole rings is 1. The van der Waals surface area contributed by atoms with Crippen LogP contribution in [0.15, 0.2) is 41.5 Å². The zero-order valence-electron chi connectivity index (χ0n) is 13.8. The summed E-state index contributed by atoms with van der Waals surface area (Å²) < 4.78 is 12.8. The highest BCUT2D eigenvalue weighted by Gasteiger charge is 2.29. The molecule has 3 N–H and O–H groups in total. The van der Waals surface area contributed by atoms with Gasteiger partial charge in [-0.1, -0.05) is 18.2 Å². The fourth-order valence-corrected chi connectivity index (χ4v) is 2.98. The molecule has 134 valence electrons. The number of fused-ring (bicyclic) bond motifs is 1. The number of nitrogens with zero attached hydrogens (tertiary/aromatic N) is 3. The van der Waals surface area contributed by atoms with Crippen LogP contribution in [0.2, 0.25) is 0 Å². The fourth-order valence-electron chi connectivity index (χ4n) is 2.98. The number of hydrogen-bond acceptors (Lipinski definition) is 7. The molecule has 9 nitrogen and oxygen atoms in total. The van der Waals surface area contributed by atoms with E-state index in [0.29, 0.717) is 24.2 Å². The topological polar surface area (TPSA) is 125 Å². The average Bonchev–Trinajstić information content (AvgIpc) is 3.27. The Balaban J connectivity index is 1.43. The molecule has 1 fully saturated rings. The van der Waals surface area contributed by atoms with Crippen molar-refractivity contribution in [3.8, 4) is 0 Å². The van der Waals surface area contributed by atoms with E-state index in [1.807, 2.05) is 6.07 Å². The fraction of sp³-hybridized carbons (Fsp3) is 0.294. The zero-order valence-corrected chi connectivity index (χ0v) is 13.8. The number of aromatic nitrogens is 4. The van der Waals surface area contributed by atoms with Gasteiger partial charge in [-0.05, 0) is 12.1 Å². The molecular weight excluding hydrogens is 338 g/mol. The molecule has 2 aromatic heterocycles. The minimum absolute atomic E-state index is 0.0237. The van der Waals surface area contributed by atoms with Crippen molar-refractivity contribution in [3.05, 3.63) is 52.6 Å². The van der Waals surface area contributed by atoms with E-state index in [0.717, 1.165) is 0 Å². The third-order valence-electron chi connectivity index (χ3n) is 4.28. The van der Waals surface area contributed by atoms with E-state index in [1.54, 1.807) is 28.8 Å². The van der Waals surface area contributed by atoms with Crippen molar-refractivity contribution in [3.63, 3.8) is 0 Å². The number of nitrogen functional groups attached to an aromatic ring is 1. The molecule has 0 amide bonds. The Hall–Kier alpha value is -3.20. The minimum atomic E-state index is -0.391. The third kappa shape index (κ3) is 3.04. The Bertz CT molecular complexity index is 997. The van der Waals surface area contributed by atoms with Gasteiger partial charge in [-0.15, -0.1) is 0 Å². The molecule has 0 saturated carbocycles. The van der Waals surface area contributed by atoms with Crippen LogP contribution >= 0.6 is 0 Å². The highest BCUT2D eigenvalue weighted by Crippen LogP contribution is 2.30. The summed E-state index contributed by atoms with van der Waals surface area (Å²) in [5, 5.41) is 0. The van der Waals surface area contributed by atoms with Gasteiger partial charge < -0.3 is 15.2 Å². The second-order valence-electron chi connectivity index (χ2n) is 6.13. The van der Waals surface area contributed by atoms with Crippen LogP contribution in [0.5, 0.6) is 0 Å². The highest BCUT2D eigenvalue weighted by molar-refractivity contribution is 5.89. The molecule has 2 unspecified atom stereocenters. The van der Waals surface area contributed by atoms with E-state index in [2.05, 4.69) is 15.0 Å². The second-order valence-corrected chi connectivity index (χ2v) is 6.13. The zero-order chi connectivity index (χ0) is 18.1. The summed E-state index contributed by atoms with van der Waals surface area (Å²) in [5.41, 5.74) is 6.32. The van der Waals surface area contributed by atoms with Gasteiger partial charge >= 0.3 is 5.97 Å². The van der Waals surface area contributed by atoms with Crippen LogP contribution in [0, 0.1) is 5.92 Å². The quantitative estimate of drug-likeness (QED) is 0.671. The first-order valence-corrected chi connectivity index (χ1v) is 8.18. The summed E-state index contributed by atoms with van der Waals surface area (Å²) in [6, 6.07) is 8.84. The van der Waals surface area contributed by atoms with Gasteiger partial charge in [0.1, 0.15) is 6.23 Å². The van der Waals surface area contributed by atoms with Gasteiger partial charge in [-0.3, -0.25) is 14.3 Å². The van der Waals surface area contributed by atoms with Crippen molar-refractivity contribution in [2.24, 2.45) is 5.92 Å². The second kappa shape index (κ2) is 6.60. The lowest BCUT2D eigenvalue weighted by Crippen LogP contribution is -2.15. The maximum atomic E-state index is 12.0. The van der Waals surface area contributed by atoms with Crippen molar-refractivity contribution in [2.75, 3.05) is 18.9 Å². The SMILES string of the molecule is Nc1nc2c(ncn2C2CC(COC(=O)c3ccccc3)CO2)c(=O)[nH]1. The van der Waals surface area contributed by atoms with E-state index >= 15 is 0 Å². The number of nitrogens with one attached hydrogen (secondary N) is 1. The molecule has 9 heteroatoms. The Kier molecular flexibility index (Phi) is 4.13. The maximum absolute atomic E-state index is 12.0. The Morgan fingerprint density at radius 1 is 1.38 bits per heavy atom. The van der Waals surface area contributed by atoms with Crippen molar-refractivity contribution < 1.29 is 14.3 Å². The molecular formula is C17H17N5O4. The molecule has 0 spiro atoms. The number of rotatable bonds is 4.